The Morgan fingerprint density at radius 3 is 2.50 bits per heavy atom. The summed E-state index contributed by atoms with van der Waals surface area (Å²) < 4.78 is 5.41. The van der Waals surface area contributed by atoms with Gasteiger partial charge in [-0.25, -0.2) is 0 Å². The van der Waals surface area contributed by atoms with Crippen LogP contribution in [0.1, 0.15) is 36.3 Å². The Kier molecular flexibility index (Phi) is 10.2. The summed E-state index contributed by atoms with van der Waals surface area (Å²) in [6.45, 7) is 2.06. The average Bonchev–Trinajstić information content (AvgIpc) is 3.48. The summed E-state index contributed by atoms with van der Waals surface area (Å²) >= 11 is 1.77. The fraction of sp³-hybridized carbons (Fsp3) is 0.545. The van der Waals surface area contributed by atoms with Gasteiger partial charge in [-0.2, -0.15) is 0 Å². The average molecular weight is 545 g/mol. The molecule has 1 fully saturated rings. The zero-order chi connectivity index (χ0) is 20.5. The molecule has 0 spiro atoms. The second kappa shape index (κ2) is 12.3. The van der Waals surface area contributed by atoms with Crippen molar-refractivity contribution in [2.24, 2.45) is 10.4 Å². The Balaban J connectivity index is 0.00000320. The van der Waals surface area contributed by atoms with E-state index in [4.69, 9.17) is 9.41 Å². The molecule has 2 heterocycles. The number of thiophene rings is 1. The molecule has 166 valence electrons. The van der Waals surface area contributed by atoms with Gasteiger partial charge in [-0.15, -0.1) is 35.3 Å². The number of guanidine groups is 1. The van der Waals surface area contributed by atoms with Crippen molar-refractivity contribution < 1.29 is 9.21 Å². The predicted octanol–water partition coefficient (Wildman–Crippen LogP) is 3.93. The predicted molar refractivity (Wildman–Crippen MR) is 134 cm³/mol. The van der Waals surface area contributed by atoms with Crippen molar-refractivity contribution in [1.29, 1.82) is 0 Å². The quantitative estimate of drug-likeness (QED) is 0.285. The van der Waals surface area contributed by atoms with E-state index >= 15 is 0 Å². The van der Waals surface area contributed by atoms with Gasteiger partial charge in [-0.3, -0.25) is 9.79 Å². The first-order valence-electron chi connectivity index (χ1n) is 10.4. The van der Waals surface area contributed by atoms with Crippen LogP contribution in [-0.2, 0) is 17.6 Å². The summed E-state index contributed by atoms with van der Waals surface area (Å²) in [6.07, 6.45) is 7.48. The first-order valence-corrected chi connectivity index (χ1v) is 11.3. The SMILES string of the molecule is CN(C)C(=O)C1(CN=C(NCCc2ccco2)NCCc2cccs2)CCCC1.I. The van der Waals surface area contributed by atoms with Gasteiger partial charge >= 0.3 is 0 Å². The van der Waals surface area contributed by atoms with Crippen molar-refractivity contribution in [1.82, 2.24) is 15.5 Å². The number of hydrogen-bond acceptors (Lipinski definition) is 4. The molecule has 0 atom stereocenters. The highest BCUT2D eigenvalue weighted by Gasteiger charge is 2.42. The normalized spacial score (nSPS) is 15.5. The topological polar surface area (TPSA) is 69.9 Å². The molecule has 0 unspecified atom stereocenters. The summed E-state index contributed by atoms with van der Waals surface area (Å²) in [6, 6.07) is 8.11. The molecule has 6 nitrogen and oxygen atoms in total. The lowest BCUT2D eigenvalue weighted by molar-refractivity contribution is -0.138. The lowest BCUT2D eigenvalue weighted by Gasteiger charge is -2.29. The van der Waals surface area contributed by atoms with Crippen LogP contribution in [-0.4, -0.2) is 50.5 Å². The molecule has 0 bridgehead atoms. The number of halogens is 1. The van der Waals surface area contributed by atoms with Crippen molar-refractivity contribution >= 4 is 47.2 Å². The van der Waals surface area contributed by atoms with E-state index in [1.807, 2.05) is 26.2 Å². The molecule has 2 aromatic heterocycles. The molecule has 0 saturated heterocycles. The van der Waals surface area contributed by atoms with Crippen LogP contribution < -0.4 is 10.6 Å². The number of furan rings is 1. The monoisotopic (exact) mass is 544 g/mol. The molecular weight excluding hydrogens is 511 g/mol. The molecule has 1 aliphatic rings. The number of rotatable bonds is 9. The summed E-state index contributed by atoms with van der Waals surface area (Å²) in [5.74, 6) is 1.92. The van der Waals surface area contributed by atoms with Crippen LogP contribution in [0.15, 0.2) is 45.3 Å². The molecule has 2 aromatic rings. The van der Waals surface area contributed by atoms with Crippen LogP contribution >= 0.6 is 35.3 Å². The highest BCUT2D eigenvalue weighted by Crippen LogP contribution is 2.39. The molecule has 0 radical (unpaired) electrons. The Hall–Kier alpha value is -1.55. The van der Waals surface area contributed by atoms with E-state index in [1.165, 1.54) is 4.88 Å². The minimum absolute atomic E-state index is 0. The maximum Gasteiger partial charge on any atom is 0.230 e. The molecule has 0 aliphatic heterocycles. The van der Waals surface area contributed by atoms with E-state index in [0.717, 1.165) is 63.3 Å². The lowest BCUT2D eigenvalue weighted by Crippen LogP contribution is -2.43. The van der Waals surface area contributed by atoms with E-state index in [0.29, 0.717) is 6.54 Å². The number of nitrogens with one attached hydrogen (secondary N) is 2. The minimum Gasteiger partial charge on any atom is -0.469 e. The van der Waals surface area contributed by atoms with Crippen LogP contribution in [0.2, 0.25) is 0 Å². The third-order valence-electron chi connectivity index (χ3n) is 5.45. The van der Waals surface area contributed by atoms with E-state index in [1.54, 1.807) is 22.5 Å². The maximum atomic E-state index is 12.8. The number of nitrogens with zero attached hydrogens (tertiary/aromatic N) is 2. The van der Waals surface area contributed by atoms with Gasteiger partial charge in [-0.05, 0) is 42.8 Å². The zero-order valence-electron chi connectivity index (χ0n) is 17.9. The van der Waals surface area contributed by atoms with Crippen LogP contribution in [0.5, 0.6) is 0 Å². The summed E-state index contributed by atoms with van der Waals surface area (Å²) in [7, 11) is 3.68. The lowest BCUT2D eigenvalue weighted by atomic mass is 9.85. The third-order valence-corrected chi connectivity index (χ3v) is 6.38. The molecule has 1 aliphatic carbocycles. The Morgan fingerprint density at radius 2 is 1.90 bits per heavy atom. The van der Waals surface area contributed by atoms with Gasteiger partial charge in [-0.1, -0.05) is 18.9 Å². The van der Waals surface area contributed by atoms with Crippen molar-refractivity contribution in [3.63, 3.8) is 0 Å². The number of aliphatic imine (C=N–C) groups is 1. The zero-order valence-corrected chi connectivity index (χ0v) is 21.0. The van der Waals surface area contributed by atoms with E-state index in [9.17, 15) is 4.79 Å². The number of hydrogen-bond donors (Lipinski definition) is 2. The fourth-order valence-electron chi connectivity index (χ4n) is 3.89. The second-order valence-electron chi connectivity index (χ2n) is 7.86. The van der Waals surface area contributed by atoms with Gasteiger partial charge in [0.05, 0.1) is 18.2 Å². The molecule has 30 heavy (non-hydrogen) atoms. The highest BCUT2D eigenvalue weighted by atomic mass is 127. The number of carbonyl (C=O) groups is 1. The Morgan fingerprint density at radius 1 is 1.17 bits per heavy atom. The standard InChI is InChI=1S/C22H32N4O2S.HI/c1-26(2)20(27)22(11-3-4-12-22)17-25-21(23-13-9-18-7-5-15-28-18)24-14-10-19-8-6-16-29-19;/h5-8,15-16H,3-4,9-14,17H2,1-2H3,(H2,23,24,25);1H. The first kappa shape index (κ1) is 24.7. The van der Waals surface area contributed by atoms with Gasteiger partial charge in [0.15, 0.2) is 5.96 Å². The largest absolute Gasteiger partial charge is 0.469 e. The summed E-state index contributed by atoms with van der Waals surface area (Å²) in [5.41, 5.74) is -0.354. The van der Waals surface area contributed by atoms with Crippen molar-refractivity contribution in [2.45, 2.75) is 38.5 Å². The number of amides is 1. The number of carbonyl (C=O) groups excluding carboxylic acids is 1. The molecule has 2 N–H and O–H groups in total. The first-order chi connectivity index (χ1) is 14.1. The van der Waals surface area contributed by atoms with Gasteiger partial charge in [0.1, 0.15) is 5.76 Å². The smallest absolute Gasteiger partial charge is 0.230 e. The summed E-state index contributed by atoms with van der Waals surface area (Å²) in [4.78, 5) is 20.7. The molecule has 8 heteroatoms. The Bertz CT molecular complexity index is 727. The van der Waals surface area contributed by atoms with Gasteiger partial charge in [0, 0.05) is 38.5 Å². The van der Waals surface area contributed by atoms with Gasteiger partial charge in [0.25, 0.3) is 0 Å². The molecule has 1 amide bonds. The molecule has 3 rings (SSSR count). The molecule has 0 aromatic carbocycles. The van der Waals surface area contributed by atoms with Crippen molar-refractivity contribution in [3.8, 4) is 0 Å². The van der Waals surface area contributed by atoms with Gasteiger partial charge in [0.2, 0.25) is 5.91 Å². The Labute approximate surface area is 200 Å². The summed E-state index contributed by atoms with van der Waals surface area (Å²) in [5, 5.41) is 8.94. The van der Waals surface area contributed by atoms with Crippen LogP contribution in [0.4, 0.5) is 0 Å². The second-order valence-corrected chi connectivity index (χ2v) is 8.90. The maximum absolute atomic E-state index is 12.8. The van der Waals surface area contributed by atoms with E-state index in [-0.39, 0.29) is 35.3 Å². The van der Waals surface area contributed by atoms with E-state index < -0.39 is 0 Å². The van der Waals surface area contributed by atoms with Crippen LogP contribution in [0.3, 0.4) is 0 Å². The minimum atomic E-state index is -0.354. The third kappa shape index (κ3) is 7.01. The van der Waals surface area contributed by atoms with E-state index in [2.05, 4.69) is 28.1 Å². The van der Waals surface area contributed by atoms with Crippen molar-refractivity contribution in [2.75, 3.05) is 33.7 Å². The van der Waals surface area contributed by atoms with Crippen LogP contribution in [0, 0.1) is 5.41 Å². The highest BCUT2D eigenvalue weighted by molar-refractivity contribution is 14.0. The fourth-order valence-corrected chi connectivity index (χ4v) is 4.60. The van der Waals surface area contributed by atoms with Crippen molar-refractivity contribution in [3.05, 3.63) is 46.5 Å². The molecular formula is C22H33IN4O2S. The molecule has 1 saturated carbocycles. The van der Waals surface area contributed by atoms with Crippen LogP contribution in [0.25, 0.3) is 0 Å². The van der Waals surface area contributed by atoms with Gasteiger partial charge < -0.3 is 20.0 Å².